The highest BCUT2D eigenvalue weighted by atomic mass is 32.2. The number of sulfone groups is 1. The van der Waals surface area contributed by atoms with Crippen molar-refractivity contribution < 1.29 is 28.1 Å². The maximum Gasteiger partial charge on any atom is 0.175 e. The largest absolute Gasteiger partial charge is 0.493 e. The number of ether oxygens (including phenoxy) is 2. The molecule has 8 heteroatoms. The summed E-state index contributed by atoms with van der Waals surface area (Å²) in [5.74, 6) is 0.573. The van der Waals surface area contributed by atoms with Crippen LogP contribution >= 0.6 is 0 Å². The number of nitrogens with one attached hydrogen (secondary N) is 1. The fourth-order valence-electron chi connectivity index (χ4n) is 3.84. The number of hydrogen-bond donors (Lipinski definition) is 3. The van der Waals surface area contributed by atoms with E-state index in [2.05, 4.69) is 5.32 Å². The summed E-state index contributed by atoms with van der Waals surface area (Å²) in [7, 11) is -3.24. The molecule has 1 aromatic carbocycles. The first-order valence-electron chi connectivity index (χ1n) is 9.38. The number of aliphatic hydroxyl groups excluding tert-OH is 2. The summed E-state index contributed by atoms with van der Waals surface area (Å²) in [6.07, 6.45) is 2.50. The molecule has 0 bridgehead atoms. The van der Waals surface area contributed by atoms with Crippen LogP contribution in [-0.2, 0) is 14.6 Å². The van der Waals surface area contributed by atoms with Crippen molar-refractivity contribution >= 4 is 9.84 Å². The summed E-state index contributed by atoms with van der Waals surface area (Å²) in [5, 5.41) is 23.7. The first-order valence-corrected chi connectivity index (χ1v) is 11.3. The van der Waals surface area contributed by atoms with Gasteiger partial charge in [-0.3, -0.25) is 0 Å². The van der Waals surface area contributed by atoms with E-state index in [-0.39, 0.29) is 10.3 Å². The molecular weight excluding hydrogens is 370 g/mol. The molecule has 0 radical (unpaired) electrons. The van der Waals surface area contributed by atoms with Gasteiger partial charge < -0.3 is 25.0 Å². The van der Waals surface area contributed by atoms with Crippen molar-refractivity contribution in [3.63, 3.8) is 0 Å². The lowest BCUT2D eigenvalue weighted by Gasteiger charge is -2.32. The van der Waals surface area contributed by atoms with E-state index in [0.29, 0.717) is 37.8 Å². The summed E-state index contributed by atoms with van der Waals surface area (Å²) in [4.78, 5) is 0.248. The van der Waals surface area contributed by atoms with Gasteiger partial charge in [0, 0.05) is 37.5 Å². The van der Waals surface area contributed by atoms with Crippen LogP contribution in [-0.4, -0.2) is 69.5 Å². The Kier molecular flexibility index (Phi) is 6.43. The average Bonchev–Trinajstić information content (AvgIpc) is 2.93. The third kappa shape index (κ3) is 5.42. The van der Waals surface area contributed by atoms with Gasteiger partial charge in [0.1, 0.15) is 5.75 Å². The van der Waals surface area contributed by atoms with Crippen LogP contribution in [0.4, 0.5) is 0 Å². The van der Waals surface area contributed by atoms with Crippen LogP contribution in [0, 0.1) is 5.41 Å². The van der Waals surface area contributed by atoms with Gasteiger partial charge in [0.15, 0.2) is 9.84 Å². The molecule has 1 saturated heterocycles. The number of benzene rings is 1. The molecule has 3 atom stereocenters. The minimum absolute atomic E-state index is 0.248. The molecule has 1 aliphatic heterocycles. The summed E-state index contributed by atoms with van der Waals surface area (Å²) >= 11 is 0. The Labute approximate surface area is 160 Å². The van der Waals surface area contributed by atoms with Crippen molar-refractivity contribution in [3.8, 4) is 5.75 Å². The van der Waals surface area contributed by atoms with Gasteiger partial charge in [0.25, 0.3) is 0 Å². The highest BCUT2D eigenvalue weighted by molar-refractivity contribution is 7.90. The molecule has 0 amide bonds. The lowest BCUT2D eigenvalue weighted by Crippen LogP contribution is -2.44. The van der Waals surface area contributed by atoms with Crippen molar-refractivity contribution in [2.24, 2.45) is 5.41 Å². The Morgan fingerprint density at radius 2 is 1.74 bits per heavy atom. The van der Waals surface area contributed by atoms with Gasteiger partial charge in [0.2, 0.25) is 0 Å². The zero-order valence-corrected chi connectivity index (χ0v) is 16.5. The second kappa shape index (κ2) is 8.45. The molecule has 1 heterocycles. The molecule has 0 aromatic heterocycles. The van der Waals surface area contributed by atoms with Crippen LogP contribution in [0.5, 0.6) is 5.75 Å². The van der Waals surface area contributed by atoms with Gasteiger partial charge in [-0.1, -0.05) is 0 Å². The molecule has 1 unspecified atom stereocenters. The van der Waals surface area contributed by atoms with Crippen molar-refractivity contribution in [1.82, 2.24) is 5.32 Å². The molecule has 7 nitrogen and oxygen atoms in total. The van der Waals surface area contributed by atoms with E-state index in [9.17, 15) is 18.6 Å². The fourth-order valence-corrected chi connectivity index (χ4v) is 4.47. The Balaban J connectivity index is 1.63. The topological polar surface area (TPSA) is 105 Å². The standard InChI is InChI=1S/C19H29NO6S/c1-27(23,24)16-4-2-15(3-5-16)26-13-19(10-17(21)18(22)11-19)12-20-14-6-8-25-9-7-14/h2-5,14,17-18,20-22H,6-13H2,1H3/t17-,18+,19?. The molecule has 152 valence electrons. The molecular formula is C19H29NO6S. The third-order valence-corrected chi connectivity index (χ3v) is 6.64. The van der Waals surface area contributed by atoms with Gasteiger partial charge in [-0.2, -0.15) is 0 Å². The molecule has 1 aromatic rings. The molecule has 3 N–H and O–H groups in total. The van der Waals surface area contributed by atoms with Gasteiger partial charge in [-0.15, -0.1) is 0 Å². The first-order chi connectivity index (χ1) is 12.8. The fraction of sp³-hybridized carbons (Fsp3) is 0.684. The minimum Gasteiger partial charge on any atom is -0.493 e. The quantitative estimate of drug-likeness (QED) is 0.621. The number of hydrogen-bond acceptors (Lipinski definition) is 7. The Hall–Kier alpha value is -1.19. The third-order valence-electron chi connectivity index (χ3n) is 5.51. The van der Waals surface area contributed by atoms with Gasteiger partial charge >= 0.3 is 0 Å². The van der Waals surface area contributed by atoms with Crippen LogP contribution < -0.4 is 10.1 Å². The normalized spacial score (nSPS) is 29.7. The highest BCUT2D eigenvalue weighted by Crippen LogP contribution is 2.39. The van der Waals surface area contributed by atoms with Gasteiger partial charge in [0.05, 0.1) is 23.7 Å². The maximum atomic E-state index is 11.6. The second-order valence-electron chi connectivity index (χ2n) is 7.84. The average molecular weight is 400 g/mol. The van der Waals surface area contributed by atoms with Crippen LogP contribution in [0.3, 0.4) is 0 Å². The zero-order chi connectivity index (χ0) is 19.5. The van der Waals surface area contributed by atoms with Crippen LogP contribution in [0.15, 0.2) is 29.2 Å². The number of aliphatic hydroxyl groups is 2. The van der Waals surface area contributed by atoms with E-state index in [1.54, 1.807) is 12.1 Å². The van der Waals surface area contributed by atoms with Crippen molar-refractivity contribution in [2.75, 3.05) is 32.6 Å². The maximum absolute atomic E-state index is 11.6. The van der Waals surface area contributed by atoms with E-state index in [4.69, 9.17) is 9.47 Å². The predicted octanol–water partition coefficient (Wildman–Crippen LogP) is 0.740. The molecule has 3 rings (SSSR count). The second-order valence-corrected chi connectivity index (χ2v) is 9.86. The molecule has 1 aliphatic carbocycles. The highest BCUT2D eigenvalue weighted by Gasteiger charge is 2.45. The first kappa shape index (κ1) is 20.5. The van der Waals surface area contributed by atoms with Gasteiger partial charge in [-0.25, -0.2) is 8.42 Å². The van der Waals surface area contributed by atoms with E-state index < -0.39 is 22.0 Å². The van der Waals surface area contributed by atoms with Crippen molar-refractivity contribution in [2.45, 2.75) is 48.8 Å². The smallest absolute Gasteiger partial charge is 0.175 e. The van der Waals surface area contributed by atoms with Crippen molar-refractivity contribution in [1.29, 1.82) is 0 Å². The predicted molar refractivity (Wildman–Crippen MR) is 101 cm³/mol. The lowest BCUT2D eigenvalue weighted by atomic mass is 9.86. The van der Waals surface area contributed by atoms with Gasteiger partial charge in [-0.05, 0) is 49.9 Å². The van der Waals surface area contributed by atoms with Crippen LogP contribution in [0.1, 0.15) is 25.7 Å². The van der Waals surface area contributed by atoms with Crippen LogP contribution in [0.2, 0.25) is 0 Å². The van der Waals surface area contributed by atoms with E-state index in [0.717, 1.165) is 26.1 Å². The summed E-state index contributed by atoms with van der Waals surface area (Å²) in [6, 6.07) is 6.70. The van der Waals surface area contributed by atoms with Crippen molar-refractivity contribution in [3.05, 3.63) is 24.3 Å². The summed E-state index contributed by atoms with van der Waals surface area (Å²) in [5.41, 5.74) is -0.368. The Morgan fingerprint density at radius 3 is 2.30 bits per heavy atom. The molecule has 2 fully saturated rings. The monoisotopic (exact) mass is 399 g/mol. The summed E-state index contributed by atoms with van der Waals surface area (Å²) in [6.45, 7) is 2.49. The molecule has 0 spiro atoms. The molecule has 27 heavy (non-hydrogen) atoms. The SMILES string of the molecule is CS(=O)(=O)c1ccc(OCC2(CNC3CCOCC3)C[C@@H](O)[C@@H](O)C2)cc1. The van der Waals surface area contributed by atoms with Crippen LogP contribution in [0.25, 0.3) is 0 Å². The number of rotatable bonds is 7. The molecule has 1 saturated carbocycles. The molecule has 2 aliphatic rings. The summed E-state index contributed by atoms with van der Waals surface area (Å²) < 4.78 is 34.4. The zero-order valence-electron chi connectivity index (χ0n) is 15.6. The van der Waals surface area contributed by atoms with E-state index in [1.165, 1.54) is 18.4 Å². The minimum atomic E-state index is -3.24. The lowest BCUT2D eigenvalue weighted by molar-refractivity contribution is 0.0438. The Bertz CT molecular complexity index is 704. The van der Waals surface area contributed by atoms with E-state index in [1.807, 2.05) is 0 Å². The Morgan fingerprint density at radius 1 is 1.15 bits per heavy atom. The van der Waals surface area contributed by atoms with E-state index >= 15 is 0 Å².